The molecule has 0 bridgehead atoms. The van der Waals surface area contributed by atoms with Crippen LogP contribution in [0.1, 0.15) is 18.4 Å². The summed E-state index contributed by atoms with van der Waals surface area (Å²) in [4.78, 5) is 0.275. The lowest BCUT2D eigenvalue weighted by atomic mass is 10.2. The molecule has 0 unspecified atom stereocenters. The molecule has 0 aliphatic heterocycles. The molecule has 2 N–H and O–H groups in total. The molecule has 16 heavy (non-hydrogen) atoms. The molecule has 5 heteroatoms. The second-order valence-corrected chi connectivity index (χ2v) is 5.71. The van der Waals surface area contributed by atoms with Crippen molar-refractivity contribution in [2.45, 2.75) is 24.7 Å². The van der Waals surface area contributed by atoms with Gasteiger partial charge in [0, 0.05) is 12.1 Å². The van der Waals surface area contributed by atoms with Crippen LogP contribution in [0.15, 0.2) is 23.1 Å². The number of hydrogen-bond donors (Lipinski definition) is 1. The van der Waals surface area contributed by atoms with Crippen LogP contribution in [0, 0.1) is 18.3 Å². The van der Waals surface area contributed by atoms with Gasteiger partial charge in [-0.2, -0.15) is 5.26 Å². The van der Waals surface area contributed by atoms with Gasteiger partial charge in [0.2, 0.25) is 0 Å². The first kappa shape index (κ1) is 12.5. The fourth-order valence-electron chi connectivity index (χ4n) is 1.30. The Morgan fingerprint density at radius 1 is 1.44 bits per heavy atom. The molecule has 0 amide bonds. The number of benzene rings is 1. The van der Waals surface area contributed by atoms with Gasteiger partial charge in [-0.05, 0) is 37.1 Å². The van der Waals surface area contributed by atoms with Crippen LogP contribution in [0.2, 0.25) is 0 Å². The van der Waals surface area contributed by atoms with E-state index in [-0.39, 0.29) is 17.1 Å². The molecule has 0 atom stereocenters. The summed E-state index contributed by atoms with van der Waals surface area (Å²) in [5, 5.41) is 8.35. The van der Waals surface area contributed by atoms with Crippen LogP contribution in [0.5, 0.6) is 0 Å². The number of sulfone groups is 1. The molecule has 0 fully saturated rings. The number of unbranched alkanes of at least 4 members (excludes halogenated alkanes) is 1. The highest BCUT2D eigenvalue weighted by Crippen LogP contribution is 2.18. The zero-order valence-corrected chi connectivity index (χ0v) is 9.92. The molecule has 0 aromatic heterocycles. The maximum Gasteiger partial charge on any atom is 0.178 e. The van der Waals surface area contributed by atoms with Crippen LogP contribution in [-0.4, -0.2) is 14.2 Å². The summed E-state index contributed by atoms with van der Waals surface area (Å²) in [6.07, 6.45) is 0.620. The van der Waals surface area contributed by atoms with Crippen molar-refractivity contribution in [2.24, 2.45) is 0 Å². The maximum atomic E-state index is 11.8. The van der Waals surface area contributed by atoms with Crippen molar-refractivity contribution in [2.75, 3.05) is 11.5 Å². The standard InChI is InChI=1S/C11H14N2O2S/c1-9-8-10(4-5-11(9)13)16(14,15)7-3-2-6-12/h4-5,8H,2-3,7,13H2,1H3. The van der Waals surface area contributed by atoms with Gasteiger partial charge in [-0.1, -0.05) is 0 Å². The van der Waals surface area contributed by atoms with Gasteiger partial charge in [-0.15, -0.1) is 0 Å². The predicted molar refractivity (Wildman–Crippen MR) is 62.5 cm³/mol. The van der Waals surface area contributed by atoms with E-state index in [1.165, 1.54) is 6.07 Å². The Morgan fingerprint density at radius 3 is 2.69 bits per heavy atom. The van der Waals surface area contributed by atoms with Gasteiger partial charge >= 0.3 is 0 Å². The normalized spacial score (nSPS) is 11.0. The third kappa shape index (κ3) is 2.97. The Bertz CT molecular complexity index is 515. The minimum absolute atomic E-state index is 0.00389. The van der Waals surface area contributed by atoms with E-state index in [1.54, 1.807) is 19.1 Å². The summed E-state index contributed by atoms with van der Waals surface area (Å²) in [6, 6.07) is 6.59. The molecule has 0 saturated carbocycles. The molecular formula is C11H14N2O2S. The van der Waals surface area contributed by atoms with Crippen molar-refractivity contribution in [3.8, 4) is 6.07 Å². The molecular weight excluding hydrogens is 224 g/mol. The number of anilines is 1. The Kier molecular flexibility index (Phi) is 3.91. The largest absolute Gasteiger partial charge is 0.399 e. The molecule has 0 heterocycles. The van der Waals surface area contributed by atoms with E-state index in [4.69, 9.17) is 11.0 Å². The third-order valence-corrected chi connectivity index (χ3v) is 4.10. The highest BCUT2D eigenvalue weighted by Gasteiger charge is 2.14. The topological polar surface area (TPSA) is 84.0 Å². The molecule has 1 aromatic carbocycles. The fourth-order valence-corrected chi connectivity index (χ4v) is 2.69. The third-order valence-electron chi connectivity index (χ3n) is 2.30. The lowest BCUT2D eigenvalue weighted by molar-refractivity contribution is 0.593. The zero-order valence-electron chi connectivity index (χ0n) is 9.10. The monoisotopic (exact) mass is 238 g/mol. The van der Waals surface area contributed by atoms with Crippen LogP contribution < -0.4 is 5.73 Å². The minimum atomic E-state index is -3.28. The van der Waals surface area contributed by atoms with Crippen LogP contribution >= 0.6 is 0 Å². The van der Waals surface area contributed by atoms with Gasteiger partial charge in [-0.3, -0.25) is 0 Å². The Balaban J connectivity index is 2.91. The average Bonchev–Trinajstić information content (AvgIpc) is 2.22. The average molecular weight is 238 g/mol. The molecule has 0 spiro atoms. The first-order valence-corrected chi connectivity index (χ1v) is 6.58. The number of nitriles is 1. The van der Waals surface area contributed by atoms with E-state index in [0.717, 1.165) is 5.56 Å². The van der Waals surface area contributed by atoms with Crippen LogP contribution in [-0.2, 0) is 9.84 Å². The molecule has 0 radical (unpaired) electrons. The number of hydrogen-bond acceptors (Lipinski definition) is 4. The number of rotatable bonds is 4. The molecule has 0 saturated heterocycles. The smallest absolute Gasteiger partial charge is 0.178 e. The van der Waals surface area contributed by atoms with E-state index >= 15 is 0 Å². The number of nitrogen functional groups attached to an aromatic ring is 1. The summed E-state index contributed by atoms with van der Waals surface area (Å²) >= 11 is 0. The van der Waals surface area contributed by atoms with Gasteiger partial charge in [0.15, 0.2) is 9.84 Å². The van der Waals surface area contributed by atoms with E-state index in [0.29, 0.717) is 12.1 Å². The molecule has 86 valence electrons. The molecule has 1 rings (SSSR count). The maximum absolute atomic E-state index is 11.8. The van der Waals surface area contributed by atoms with Crippen molar-refractivity contribution < 1.29 is 8.42 Å². The molecule has 0 aliphatic carbocycles. The van der Waals surface area contributed by atoms with Crippen molar-refractivity contribution in [1.29, 1.82) is 5.26 Å². The van der Waals surface area contributed by atoms with Gasteiger partial charge < -0.3 is 5.73 Å². The van der Waals surface area contributed by atoms with Crippen molar-refractivity contribution >= 4 is 15.5 Å². The van der Waals surface area contributed by atoms with Crippen LogP contribution in [0.25, 0.3) is 0 Å². The van der Waals surface area contributed by atoms with Gasteiger partial charge in [0.1, 0.15) is 0 Å². The number of aryl methyl sites for hydroxylation is 1. The quantitative estimate of drug-likeness (QED) is 0.638. The first-order chi connectivity index (χ1) is 7.47. The summed E-state index contributed by atoms with van der Waals surface area (Å²) in [5.41, 5.74) is 6.95. The zero-order chi connectivity index (χ0) is 12.2. The predicted octanol–water partition coefficient (Wildman–Crippen LogP) is 1.65. The fraction of sp³-hybridized carbons (Fsp3) is 0.364. The number of nitrogens with two attached hydrogens (primary N) is 1. The van der Waals surface area contributed by atoms with Crippen molar-refractivity contribution in [3.63, 3.8) is 0 Å². The van der Waals surface area contributed by atoms with Crippen molar-refractivity contribution in [3.05, 3.63) is 23.8 Å². The van der Waals surface area contributed by atoms with Gasteiger partial charge in [0.05, 0.1) is 16.7 Å². The molecule has 4 nitrogen and oxygen atoms in total. The van der Waals surface area contributed by atoms with Gasteiger partial charge in [-0.25, -0.2) is 8.42 Å². The highest BCUT2D eigenvalue weighted by molar-refractivity contribution is 7.91. The van der Waals surface area contributed by atoms with E-state index in [1.807, 2.05) is 6.07 Å². The lowest BCUT2D eigenvalue weighted by Gasteiger charge is -2.05. The van der Waals surface area contributed by atoms with Crippen LogP contribution in [0.4, 0.5) is 5.69 Å². The highest BCUT2D eigenvalue weighted by atomic mass is 32.2. The second-order valence-electron chi connectivity index (χ2n) is 3.60. The van der Waals surface area contributed by atoms with Crippen molar-refractivity contribution in [1.82, 2.24) is 0 Å². The Hall–Kier alpha value is -1.54. The van der Waals surface area contributed by atoms with Gasteiger partial charge in [0.25, 0.3) is 0 Å². The van der Waals surface area contributed by atoms with E-state index in [9.17, 15) is 8.42 Å². The summed E-state index contributed by atoms with van der Waals surface area (Å²) < 4.78 is 23.6. The number of nitrogens with zero attached hydrogens (tertiary/aromatic N) is 1. The molecule has 0 aliphatic rings. The SMILES string of the molecule is Cc1cc(S(=O)(=O)CCCC#N)ccc1N. The first-order valence-electron chi connectivity index (χ1n) is 4.93. The molecule has 1 aromatic rings. The van der Waals surface area contributed by atoms with E-state index < -0.39 is 9.84 Å². The Morgan fingerprint density at radius 2 is 2.12 bits per heavy atom. The summed E-state index contributed by atoms with van der Waals surface area (Å²) in [7, 11) is -3.28. The Labute approximate surface area is 95.6 Å². The lowest BCUT2D eigenvalue weighted by Crippen LogP contribution is -2.07. The van der Waals surface area contributed by atoms with E-state index in [2.05, 4.69) is 0 Å². The summed E-state index contributed by atoms with van der Waals surface area (Å²) in [5.74, 6) is 0.00389. The summed E-state index contributed by atoms with van der Waals surface area (Å²) in [6.45, 7) is 1.77. The second kappa shape index (κ2) is 4.99. The minimum Gasteiger partial charge on any atom is -0.399 e. The van der Waals surface area contributed by atoms with Crippen LogP contribution in [0.3, 0.4) is 0 Å².